The van der Waals surface area contributed by atoms with Gasteiger partial charge < -0.3 is 36.0 Å². The number of carbonyl (C=O) groups excluding carboxylic acids is 2. The number of nitrogens with two attached hydrogens (primary N) is 1. The molecule has 6 atom stereocenters. The van der Waals surface area contributed by atoms with Crippen LogP contribution in [0.5, 0.6) is 0 Å². The number of rotatable bonds is 26. The second-order valence-electron chi connectivity index (χ2n) is 13.4. The fourth-order valence-corrected chi connectivity index (χ4v) is 5.98. The molecule has 0 aromatic carbocycles. The Morgan fingerprint density at radius 2 is 1.20 bits per heavy atom. The lowest BCUT2D eigenvalue weighted by molar-refractivity contribution is -0.231. The largest absolute Gasteiger partial charge is 0.394 e. The fraction of sp³-hybridized carbons (Fsp3) is 0.943. The van der Waals surface area contributed by atoms with E-state index in [4.69, 9.17) is 10.5 Å². The Kier molecular flexibility index (Phi) is 23.1. The van der Waals surface area contributed by atoms with Crippen LogP contribution in [-0.2, 0) is 14.3 Å². The SMILES string of the molecule is CCCCCCCCCCCCN(C(=O)CCCCCCCCCCC)[C@@H]1O[C@H](CO)[C@@H](O)[C@H](O)[C@H]1NC(=O)[C@@H](N)C(C)C. The van der Waals surface area contributed by atoms with E-state index in [2.05, 4.69) is 19.2 Å². The summed E-state index contributed by atoms with van der Waals surface area (Å²) in [5.74, 6) is -0.708. The number of nitrogens with zero attached hydrogens (tertiary/aromatic N) is 1. The number of hydrogen-bond donors (Lipinski definition) is 5. The van der Waals surface area contributed by atoms with E-state index in [9.17, 15) is 24.9 Å². The third kappa shape index (κ3) is 15.8. The number of hydrogen-bond acceptors (Lipinski definition) is 7. The van der Waals surface area contributed by atoms with Gasteiger partial charge in [0.05, 0.1) is 12.6 Å². The standard InChI is InChI=1S/C35H69N3O6/c1-5-7-9-11-13-15-17-19-21-23-25-38(29(40)24-22-20-18-16-14-12-10-8-6-2)35-31(37-34(43)30(36)27(3)4)33(42)32(41)28(26-39)44-35/h27-28,30-33,35,39,41-42H,5-26,36H2,1-4H3,(H,37,43)/t28-,30+,31-,32-,33-,35-/m1/s1. The minimum absolute atomic E-state index is 0.0958. The Balaban J connectivity index is 2.87. The van der Waals surface area contributed by atoms with Gasteiger partial charge in [0, 0.05) is 13.0 Å². The van der Waals surface area contributed by atoms with Crippen LogP contribution < -0.4 is 11.1 Å². The Bertz CT molecular complexity index is 739. The van der Waals surface area contributed by atoms with Crippen molar-refractivity contribution in [2.75, 3.05) is 13.2 Å². The average molecular weight is 628 g/mol. The lowest BCUT2D eigenvalue weighted by Crippen LogP contribution is -2.69. The van der Waals surface area contributed by atoms with Gasteiger partial charge in [-0.1, -0.05) is 137 Å². The van der Waals surface area contributed by atoms with E-state index in [1.165, 1.54) is 83.5 Å². The average Bonchev–Trinajstić information content (AvgIpc) is 3.01. The molecule has 0 spiro atoms. The molecule has 2 amide bonds. The number of ether oxygens (including phenoxy) is 1. The predicted molar refractivity (Wildman–Crippen MR) is 178 cm³/mol. The smallest absolute Gasteiger partial charge is 0.237 e. The van der Waals surface area contributed by atoms with E-state index < -0.39 is 49.1 Å². The summed E-state index contributed by atoms with van der Waals surface area (Å²) in [6.45, 7) is 8.02. The van der Waals surface area contributed by atoms with Crippen molar-refractivity contribution >= 4 is 11.8 Å². The molecular weight excluding hydrogens is 558 g/mol. The Morgan fingerprint density at radius 1 is 0.750 bits per heavy atom. The third-order valence-corrected chi connectivity index (χ3v) is 9.10. The molecule has 0 aliphatic carbocycles. The summed E-state index contributed by atoms with van der Waals surface area (Å²) in [6.07, 6.45) is 17.4. The van der Waals surface area contributed by atoms with Gasteiger partial charge in [-0.25, -0.2) is 0 Å². The van der Waals surface area contributed by atoms with Gasteiger partial charge in [0.2, 0.25) is 11.8 Å². The van der Waals surface area contributed by atoms with Gasteiger partial charge in [-0.2, -0.15) is 0 Å². The number of unbranched alkanes of at least 4 members (excludes halogenated alkanes) is 17. The van der Waals surface area contributed by atoms with Crippen molar-refractivity contribution in [3.8, 4) is 0 Å². The lowest BCUT2D eigenvalue weighted by atomic mass is 9.94. The van der Waals surface area contributed by atoms with E-state index in [0.717, 1.165) is 38.5 Å². The summed E-state index contributed by atoms with van der Waals surface area (Å²) in [5, 5.41) is 34.4. The Labute approximate surface area is 269 Å². The van der Waals surface area contributed by atoms with E-state index >= 15 is 0 Å². The zero-order valence-electron chi connectivity index (χ0n) is 28.7. The van der Waals surface area contributed by atoms with E-state index in [1.807, 2.05) is 13.8 Å². The van der Waals surface area contributed by atoms with Crippen LogP contribution in [0.3, 0.4) is 0 Å². The maximum Gasteiger partial charge on any atom is 0.237 e. The molecule has 0 unspecified atom stereocenters. The highest BCUT2D eigenvalue weighted by Crippen LogP contribution is 2.26. The second kappa shape index (κ2) is 24.9. The van der Waals surface area contributed by atoms with Crippen molar-refractivity contribution in [1.29, 1.82) is 0 Å². The molecule has 0 bridgehead atoms. The minimum atomic E-state index is -1.43. The highest BCUT2D eigenvalue weighted by molar-refractivity contribution is 5.82. The number of aliphatic hydroxyl groups excluding tert-OH is 3. The quantitative estimate of drug-likeness (QED) is 0.0789. The maximum absolute atomic E-state index is 13.7. The molecule has 260 valence electrons. The Hall–Kier alpha value is -1.26. The van der Waals surface area contributed by atoms with Crippen molar-refractivity contribution in [1.82, 2.24) is 10.2 Å². The van der Waals surface area contributed by atoms with Crippen molar-refractivity contribution in [2.24, 2.45) is 11.7 Å². The second-order valence-corrected chi connectivity index (χ2v) is 13.4. The monoisotopic (exact) mass is 628 g/mol. The fourth-order valence-electron chi connectivity index (χ4n) is 5.98. The summed E-state index contributed by atoms with van der Waals surface area (Å²) in [6, 6.07) is -1.89. The van der Waals surface area contributed by atoms with Crippen LogP contribution in [0.15, 0.2) is 0 Å². The summed E-state index contributed by atoms with van der Waals surface area (Å²) in [7, 11) is 0. The number of nitrogens with one attached hydrogen (secondary N) is 1. The van der Waals surface area contributed by atoms with Crippen LogP contribution in [0.2, 0.25) is 0 Å². The zero-order valence-corrected chi connectivity index (χ0v) is 28.7. The molecule has 9 nitrogen and oxygen atoms in total. The van der Waals surface area contributed by atoms with Crippen molar-refractivity contribution < 1.29 is 29.6 Å². The molecule has 1 aliphatic rings. The van der Waals surface area contributed by atoms with E-state index in [1.54, 1.807) is 4.90 Å². The first-order valence-electron chi connectivity index (χ1n) is 18.2. The molecule has 0 aromatic heterocycles. The molecule has 1 heterocycles. The van der Waals surface area contributed by atoms with Crippen LogP contribution in [0.25, 0.3) is 0 Å². The first-order chi connectivity index (χ1) is 21.2. The highest BCUT2D eigenvalue weighted by atomic mass is 16.5. The number of aliphatic hydroxyl groups is 3. The van der Waals surface area contributed by atoms with Crippen LogP contribution in [0.4, 0.5) is 0 Å². The summed E-state index contributed by atoms with van der Waals surface area (Å²) in [4.78, 5) is 28.3. The molecule has 1 fully saturated rings. The molecule has 1 saturated heterocycles. The molecule has 6 N–H and O–H groups in total. The molecule has 9 heteroatoms. The highest BCUT2D eigenvalue weighted by Gasteiger charge is 2.48. The number of amides is 2. The summed E-state index contributed by atoms with van der Waals surface area (Å²) < 4.78 is 6.08. The van der Waals surface area contributed by atoms with Crippen molar-refractivity contribution in [3.63, 3.8) is 0 Å². The molecule has 0 radical (unpaired) electrons. The van der Waals surface area contributed by atoms with Gasteiger partial charge >= 0.3 is 0 Å². The van der Waals surface area contributed by atoms with Crippen LogP contribution in [-0.4, -0.2) is 81.8 Å². The minimum Gasteiger partial charge on any atom is -0.394 e. The lowest BCUT2D eigenvalue weighted by Gasteiger charge is -2.47. The molecule has 1 rings (SSSR count). The zero-order chi connectivity index (χ0) is 32.7. The van der Waals surface area contributed by atoms with Gasteiger partial charge in [-0.15, -0.1) is 0 Å². The van der Waals surface area contributed by atoms with E-state index in [0.29, 0.717) is 13.0 Å². The molecule has 1 aliphatic heterocycles. The van der Waals surface area contributed by atoms with Crippen molar-refractivity contribution in [3.05, 3.63) is 0 Å². The first-order valence-corrected chi connectivity index (χ1v) is 18.2. The molecule has 0 saturated carbocycles. The van der Waals surface area contributed by atoms with Gasteiger partial charge in [0.1, 0.15) is 24.4 Å². The predicted octanol–water partition coefficient (Wildman–Crippen LogP) is 5.56. The summed E-state index contributed by atoms with van der Waals surface area (Å²) >= 11 is 0. The van der Waals surface area contributed by atoms with Crippen LogP contribution in [0.1, 0.15) is 156 Å². The van der Waals surface area contributed by atoms with Crippen molar-refractivity contribution in [2.45, 2.75) is 193 Å². The first kappa shape index (κ1) is 40.8. The van der Waals surface area contributed by atoms with Gasteiger partial charge in [-0.05, 0) is 18.8 Å². The topological polar surface area (TPSA) is 145 Å². The normalized spacial score (nSPS) is 22.7. The van der Waals surface area contributed by atoms with Gasteiger partial charge in [0.25, 0.3) is 0 Å². The molecular formula is C35H69N3O6. The third-order valence-electron chi connectivity index (χ3n) is 9.10. The van der Waals surface area contributed by atoms with Gasteiger partial charge in [0.15, 0.2) is 6.23 Å². The molecule has 44 heavy (non-hydrogen) atoms. The maximum atomic E-state index is 13.7. The summed E-state index contributed by atoms with van der Waals surface area (Å²) in [5.41, 5.74) is 6.09. The van der Waals surface area contributed by atoms with Gasteiger partial charge in [-0.3, -0.25) is 9.59 Å². The Morgan fingerprint density at radius 3 is 1.66 bits per heavy atom. The van der Waals surface area contributed by atoms with Crippen LogP contribution in [0, 0.1) is 5.92 Å². The molecule has 0 aromatic rings. The van der Waals surface area contributed by atoms with E-state index in [-0.39, 0.29) is 11.8 Å². The number of carbonyl (C=O) groups is 2. The van der Waals surface area contributed by atoms with Crippen LogP contribution >= 0.6 is 0 Å².